The van der Waals surface area contributed by atoms with Crippen LogP contribution in [0.2, 0.25) is 5.02 Å². The number of rotatable bonds is 2. The molecule has 0 fully saturated rings. The summed E-state index contributed by atoms with van der Waals surface area (Å²) >= 11 is 6.21. The van der Waals surface area contributed by atoms with E-state index in [9.17, 15) is 9.59 Å². The number of hydrogen-bond acceptors (Lipinski definition) is 3. The van der Waals surface area contributed by atoms with Gasteiger partial charge in [-0.15, -0.1) is 0 Å². The van der Waals surface area contributed by atoms with E-state index in [1.807, 2.05) is 42.5 Å². The van der Waals surface area contributed by atoms with E-state index in [1.54, 1.807) is 41.3 Å². The first-order valence-electron chi connectivity index (χ1n) is 8.85. The highest BCUT2D eigenvalue weighted by molar-refractivity contribution is 6.30. The Morgan fingerprint density at radius 3 is 2.39 bits per heavy atom. The molecule has 1 aromatic heterocycles. The van der Waals surface area contributed by atoms with Gasteiger partial charge in [-0.1, -0.05) is 54.1 Å². The molecule has 1 aliphatic rings. The number of halogens is 1. The summed E-state index contributed by atoms with van der Waals surface area (Å²) in [4.78, 5) is 28.3. The van der Waals surface area contributed by atoms with Gasteiger partial charge in [0, 0.05) is 10.7 Å². The summed E-state index contributed by atoms with van der Waals surface area (Å²) in [5, 5.41) is 0.993. The minimum atomic E-state index is -0.607. The second kappa shape index (κ2) is 6.36. The summed E-state index contributed by atoms with van der Waals surface area (Å²) < 4.78 is 5.91. The first-order chi connectivity index (χ1) is 13.6. The Kier molecular flexibility index (Phi) is 3.81. The lowest BCUT2D eigenvalue weighted by molar-refractivity contribution is 0.0971. The van der Waals surface area contributed by atoms with E-state index >= 15 is 0 Å². The van der Waals surface area contributed by atoms with E-state index in [0.717, 1.165) is 5.56 Å². The molecule has 3 aromatic carbocycles. The van der Waals surface area contributed by atoms with Crippen LogP contribution < -0.4 is 10.3 Å². The number of amides is 1. The molecule has 136 valence electrons. The number of hydrogen-bond donors (Lipinski definition) is 0. The third-order valence-corrected chi connectivity index (χ3v) is 5.21. The molecule has 0 saturated carbocycles. The van der Waals surface area contributed by atoms with E-state index in [0.29, 0.717) is 27.2 Å². The zero-order chi connectivity index (χ0) is 19.3. The van der Waals surface area contributed by atoms with E-state index in [2.05, 4.69) is 0 Å². The van der Waals surface area contributed by atoms with Gasteiger partial charge >= 0.3 is 0 Å². The molecule has 5 heteroatoms. The van der Waals surface area contributed by atoms with Gasteiger partial charge in [-0.3, -0.25) is 14.5 Å². The average molecular weight is 388 g/mol. The van der Waals surface area contributed by atoms with Crippen molar-refractivity contribution in [3.05, 3.63) is 111 Å². The SMILES string of the molecule is O=C1c2oc3ccccc3c(=O)c2C(c2cccc(Cl)c2)N1c1ccccc1. The highest BCUT2D eigenvalue weighted by Gasteiger charge is 2.43. The van der Waals surface area contributed by atoms with Crippen LogP contribution in [0.15, 0.2) is 88.1 Å². The van der Waals surface area contributed by atoms with Crippen LogP contribution in [-0.4, -0.2) is 5.91 Å². The fourth-order valence-electron chi connectivity index (χ4n) is 3.77. The maximum absolute atomic E-state index is 13.3. The first-order valence-corrected chi connectivity index (χ1v) is 9.23. The van der Waals surface area contributed by atoms with Gasteiger partial charge in [0.05, 0.1) is 17.0 Å². The molecular weight excluding hydrogens is 374 g/mol. The van der Waals surface area contributed by atoms with E-state index in [-0.39, 0.29) is 17.1 Å². The molecule has 1 amide bonds. The summed E-state index contributed by atoms with van der Waals surface area (Å²) in [6.07, 6.45) is 0. The smallest absolute Gasteiger partial charge is 0.295 e. The lowest BCUT2D eigenvalue weighted by Gasteiger charge is -2.25. The third-order valence-electron chi connectivity index (χ3n) is 4.98. The average Bonchev–Trinajstić information content (AvgIpc) is 3.02. The number of para-hydroxylation sites is 2. The number of benzene rings is 3. The summed E-state index contributed by atoms with van der Waals surface area (Å²) in [5.74, 6) is -0.258. The molecule has 1 aliphatic heterocycles. The highest BCUT2D eigenvalue weighted by atomic mass is 35.5. The topological polar surface area (TPSA) is 50.5 Å². The molecule has 0 aliphatic carbocycles. The third kappa shape index (κ3) is 2.46. The van der Waals surface area contributed by atoms with Crippen LogP contribution in [-0.2, 0) is 0 Å². The van der Waals surface area contributed by atoms with Gasteiger partial charge < -0.3 is 4.42 Å². The number of nitrogens with zero attached hydrogens (tertiary/aromatic N) is 1. The molecule has 0 N–H and O–H groups in total. The molecule has 4 aromatic rings. The van der Waals surface area contributed by atoms with E-state index in [4.69, 9.17) is 16.0 Å². The highest BCUT2D eigenvalue weighted by Crippen LogP contribution is 2.41. The van der Waals surface area contributed by atoms with Crippen LogP contribution in [0.4, 0.5) is 5.69 Å². The number of fused-ring (bicyclic) bond motifs is 2. The Morgan fingerprint density at radius 1 is 0.857 bits per heavy atom. The Balaban J connectivity index is 1.84. The van der Waals surface area contributed by atoms with Gasteiger partial charge in [-0.2, -0.15) is 0 Å². The molecule has 0 radical (unpaired) electrons. The lowest BCUT2D eigenvalue weighted by atomic mass is 9.98. The summed E-state index contributed by atoms with van der Waals surface area (Å²) in [6.45, 7) is 0. The molecule has 4 nitrogen and oxygen atoms in total. The van der Waals surface area contributed by atoms with Gasteiger partial charge in [-0.25, -0.2) is 0 Å². The number of carbonyl (C=O) groups excluding carboxylic acids is 1. The Morgan fingerprint density at radius 2 is 1.61 bits per heavy atom. The quantitative estimate of drug-likeness (QED) is 0.475. The van der Waals surface area contributed by atoms with Crippen molar-refractivity contribution in [1.82, 2.24) is 0 Å². The maximum Gasteiger partial charge on any atom is 0.295 e. The zero-order valence-corrected chi connectivity index (χ0v) is 15.4. The van der Waals surface area contributed by atoms with Crippen LogP contribution >= 0.6 is 11.6 Å². The van der Waals surface area contributed by atoms with Crippen LogP contribution in [0.25, 0.3) is 11.0 Å². The second-order valence-electron chi connectivity index (χ2n) is 6.64. The first kappa shape index (κ1) is 16.8. The number of carbonyl (C=O) groups is 1. The van der Waals surface area contributed by atoms with Gasteiger partial charge in [-0.05, 0) is 42.0 Å². The monoisotopic (exact) mass is 387 g/mol. The fourth-order valence-corrected chi connectivity index (χ4v) is 3.97. The molecule has 28 heavy (non-hydrogen) atoms. The van der Waals surface area contributed by atoms with Crippen molar-refractivity contribution < 1.29 is 9.21 Å². The standard InChI is InChI=1S/C23H14ClNO3/c24-15-8-6-7-14(13-15)20-19-21(26)17-11-4-5-12-18(17)28-22(19)23(27)25(20)16-9-2-1-3-10-16/h1-13,20H. The Labute approximate surface area is 165 Å². The fraction of sp³-hybridized carbons (Fsp3) is 0.0435. The minimum absolute atomic E-state index is 0.0810. The van der Waals surface area contributed by atoms with Crippen LogP contribution in [0.5, 0.6) is 0 Å². The molecule has 0 spiro atoms. The molecule has 5 rings (SSSR count). The molecule has 1 atom stereocenters. The Hall–Kier alpha value is -3.37. The summed E-state index contributed by atoms with van der Waals surface area (Å²) in [5.41, 5.74) is 1.99. The van der Waals surface area contributed by atoms with Crippen molar-refractivity contribution in [2.24, 2.45) is 0 Å². The summed E-state index contributed by atoms with van der Waals surface area (Å²) in [7, 11) is 0. The molecular formula is C23H14ClNO3. The molecule has 0 bridgehead atoms. The van der Waals surface area contributed by atoms with Crippen LogP contribution in [0.3, 0.4) is 0 Å². The van der Waals surface area contributed by atoms with Crippen molar-refractivity contribution >= 4 is 34.2 Å². The second-order valence-corrected chi connectivity index (χ2v) is 7.07. The van der Waals surface area contributed by atoms with Crippen molar-refractivity contribution in [3.63, 3.8) is 0 Å². The van der Waals surface area contributed by atoms with Gasteiger partial charge in [0.25, 0.3) is 5.91 Å². The van der Waals surface area contributed by atoms with Crippen LogP contribution in [0, 0.1) is 0 Å². The van der Waals surface area contributed by atoms with Crippen molar-refractivity contribution in [2.75, 3.05) is 4.90 Å². The van der Waals surface area contributed by atoms with Crippen LogP contribution in [0.1, 0.15) is 27.7 Å². The van der Waals surface area contributed by atoms with Gasteiger partial charge in [0.1, 0.15) is 5.58 Å². The molecule has 0 saturated heterocycles. The zero-order valence-electron chi connectivity index (χ0n) is 14.6. The number of anilines is 1. The van der Waals surface area contributed by atoms with Crippen molar-refractivity contribution in [2.45, 2.75) is 6.04 Å². The summed E-state index contributed by atoms with van der Waals surface area (Å²) in [6, 6.07) is 22.8. The van der Waals surface area contributed by atoms with Gasteiger partial charge in [0.15, 0.2) is 5.43 Å². The maximum atomic E-state index is 13.3. The molecule has 1 unspecified atom stereocenters. The van der Waals surface area contributed by atoms with Crippen molar-refractivity contribution in [1.29, 1.82) is 0 Å². The predicted molar refractivity (Wildman–Crippen MR) is 109 cm³/mol. The Bertz CT molecular complexity index is 1280. The minimum Gasteiger partial charge on any atom is -0.450 e. The van der Waals surface area contributed by atoms with E-state index in [1.165, 1.54) is 0 Å². The predicted octanol–water partition coefficient (Wildman–Crippen LogP) is 5.20. The normalized spacial score (nSPS) is 15.8. The molecule has 2 heterocycles. The van der Waals surface area contributed by atoms with Crippen molar-refractivity contribution in [3.8, 4) is 0 Å². The van der Waals surface area contributed by atoms with E-state index < -0.39 is 6.04 Å². The lowest BCUT2D eigenvalue weighted by Crippen LogP contribution is -2.29. The van der Waals surface area contributed by atoms with Gasteiger partial charge in [0.2, 0.25) is 5.76 Å². The largest absolute Gasteiger partial charge is 0.450 e.